The number of halogens is 3. The van der Waals surface area contributed by atoms with Gasteiger partial charge in [0.1, 0.15) is 5.52 Å². The van der Waals surface area contributed by atoms with Crippen LogP contribution < -0.4 is 0 Å². The molecule has 35 heavy (non-hydrogen) atoms. The fraction of sp³-hybridized carbons (Fsp3) is 0.320. The Balaban J connectivity index is 1.92. The number of carboxylic acids is 1. The first-order valence-electron chi connectivity index (χ1n) is 11.0. The number of aliphatic carboxylic acids is 1. The van der Waals surface area contributed by atoms with Crippen molar-refractivity contribution in [3.05, 3.63) is 59.2 Å². The zero-order valence-electron chi connectivity index (χ0n) is 18.9. The van der Waals surface area contributed by atoms with E-state index in [0.717, 1.165) is 12.1 Å². The van der Waals surface area contributed by atoms with Crippen molar-refractivity contribution in [2.24, 2.45) is 0 Å². The van der Waals surface area contributed by atoms with Crippen molar-refractivity contribution in [2.45, 2.75) is 50.0 Å². The summed E-state index contributed by atoms with van der Waals surface area (Å²) in [5.41, 5.74) is -1.25. The van der Waals surface area contributed by atoms with E-state index in [0.29, 0.717) is 22.2 Å². The Bertz CT molecular complexity index is 1560. The van der Waals surface area contributed by atoms with Crippen LogP contribution in [0.1, 0.15) is 50.3 Å². The number of nitriles is 1. The first-order valence-corrected chi connectivity index (χ1v) is 11.0. The SMILES string of the molecule is CC(C)(CC#N)c1c(C2CC(O)(C(=O)O)C2)c2c(F)c3[nH]ncc3cc2n1-c1ccc(F)c(F)c1. The maximum atomic E-state index is 16.0. The first-order chi connectivity index (χ1) is 16.5. The Morgan fingerprint density at radius 3 is 2.63 bits per heavy atom. The summed E-state index contributed by atoms with van der Waals surface area (Å²) in [6.45, 7) is 3.55. The lowest BCUT2D eigenvalue weighted by Crippen LogP contribution is -2.49. The summed E-state index contributed by atoms with van der Waals surface area (Å²) < 4.78 is 45.7. The maximum Gasteiger partial charge on any atom is 0.335 e. The Morgan fingerprint density at radius 2 is 2.00 bits per heavy atom. The zero-order valence-corrected chi connectivity index (χ0v) is 18.9. The van der Waals surface area contributed by atoms with Crippen LogP contribution >= 0.6 is 0 Å². The third-order valence-electron chi connectivity index (χ3n) is 6.94. The highest BCUT2D eigenvalue weighted by Crippen LogP contribution is 2.52. The predicted molar refractivity (Wildman–Crippen MR) is 121 cm³/mol. The number of aromatic amines is 1. The van der Waals surface area contributed by atoms with Crippen molar-refractivity contribution < 1.29 is 28.2 Å². The Hall–Kier alpha value is -3.84. The summed E-state index contributed by atoms with van der Waals surface area (Å²) in [4.78, 5) is 11.6. The third kappa shape index (κ3) is 3.30. The summed E-state index contributed by atoms with van der Waals surface area (Å²) in [6, 6.07) is 7.12. The van der Waals surface area contributed by atoms with Gasteiger partial charge in [0.15, 0.2) is 23.1 Å². The molecule has 2 aromatic heterocycles. The molecule has 2 heterocycles. The molecule has 0 amide bonds. The second-order valence-electron chi connectivity index (χ2n) is 9.78. The molecule has 5 rings (SSSR count). The van der Waals surface area contributed by atoms with Gasteiger partial charge in [-0.15, -0.1) is 0 Å². The van der Waals surface area contributed by atoms with Gasteiger partial charge in [-0.1, -0.05) is 13.8 Å². The van der Waals surface area contributed by atoms with Crippen molar-refractivity contribution in [2.75, 3.05) is 0 Å². The van der Waals surface area contributed by atoms with E-state index >= 15 is 4.39 Å². The van der Waals surface area contributed by atoms with E-state index in [4.69, 9.17) is 0 Å². The number of fused-ring (bicyclic) bond motifs is 2. The number of hydrogen-bond acceptors (Lipinski definition) is 4. The lowest BCUT2D eigenvalue weighted by atomic mass is 9.65. The van der Waals surface area contributed by atoms with Gasteiger partial charge in [-0.25, -0.2) is 18.0 Å². The molecule has 0 unspecified atom stereocenters. The summed E-state index contributed by atoms with van der Waals surface area (Å²) in [5, 5.41) is 36.5. The highest BCUT2D eigenvalue weighted by atomic mass is 19.2. The molecule has 0 spiro atoms. The summed E-state index contributed by atoms with van der Waals surface area (Å²) >= 11 is 0. The van der Waals surface area contributed by atoms with Gasteiger partial charge in [0.25, 0.3) is 0 Å². The summed E-state index contributed by atoms with van der Waals surface area (Å²) in [7, 11) is 0. The number of benzene rings is 2. The number of carbonyl (C=O) groups is 1. The fourth-order valence-corrected chi connectivity index (χ4v) is 5.20. The zero-order chi connectivity index (χ0) is 25.3. The second-order valence-corrected chi connectivity index (χ2v) is 9.78. The monoisotopic (exact) mass is 482 g/mol. The van der Waals surface area contributed by atoms with E-state index in [2.05, 4.69) is 16.3 Å². The number of nitrogens with zero attached hydrogens (tertiary/aromatic N) is 3. The molecule has 1 fully saturated rings. The molecule has 0 saturated heterocycles. The molecule has 0 atom stereocenters. The van der Waals surface area contributed by atoms with Gasteiger partial charge in [0, 0.05) is 40.1 Å². The number of H-pyrrole nitrogens is 1. The Labute approximate surface area is 197 Å². The minimum atomic E-state index is -1.95. The standard InChI is InChI=1S/C25H21F3N4O3/c1-24(2,5-6-29)22-18(13-9-25(35,10-13)23(33)34)19-17(7-12-11-30-31-21(12)20(19)28)32(22)14-3-4-15(26)16(27)8-14/h3-4,7-8,11,13,35H,5,9-10H2,1-2H3,(H,30,31)(H,33,34). The number of aliphatic hydroxyl groups is 1. The normalized spacial score (nSPS) is 20.2. The van der Waals surface area contributed by atoms with Crippen LogP contribution in [-0.4, -0.2) is 36.5 Å². The van der Waals surface area contributed by atoms with E-state index in [9.17, 15) is 29.1 Å². The first kappa shape index (κ1) is 22.9. The van der Waals surface area contributed by atoms with Gasteiger partial charge in [-0.05, 0) is 42.5 Å². The van der Waals surface area contributed by atoms with Crippen molar-refractivity contribution in [1.82, 2.24) is 14.8 Å². The lowest BCUT2D eigenvalue weighted by molar-refractivity contribution is -0.169. The molecule has 1 aliphatic rings. The maximum absolute atomic E-state index is 16.0. The average molecular weight is 482 g/mol. The Morgan fingerprint density at radius 1 is 1.29 bits per heavy atom. The number of carboxylic acid groups (broad SMARTS) is 1. The van der Waals surface area contributed by atoms with Gasteiger partial charge in [-0.2, -0.15) is 10.4 Å². The molecule has 7 nitrogen and oxygen atoms in total. The molecular formula is C25H21F3N4O3. The van der Waals surface area contributed by atoms with Gasteiger partial charge in [-0.3, -0.25) is 5.10 Å². The van der Waals surface area contributed by atoms with Gasteiger partial charge < -0.3 is 14.8 Å². The van der Waals surface area contributed by atoms with Crippen molar-refractivity contribution in [1.29, 1.82) is 5.26 Å². The van der Waals surface area contributed by atoms with E-state index in [-0.39, 0.29) is 35.9 Å². The smallest absolute Gasteiger partial charge is 0.335 e. The van der Waals surface area contributed by atoms with Gasteiger partial charge in [0.2, 0.25) is 0 Å². The number of nitrogens with one attached hydrogen (secondary N) is 1. The average Bonchev–Trinajstić information content (AvgIpc) is 3.37. The van der Waals surface area contributed by atoms with Crippen LogP contribution in [0.25, 0.3) is 27.5 Å². The van der Waals surface area contributed by atoms with Crippen LogP contribution in [0.3, 0.4) is 0 Å². The molecule has 3 N–H and O–H groups in total. The third-order valence-corrected chi connectivity index (χ3v) is 6.94. The van der Waals surface area contributed by atoms with Crippen LogP contribution in [0.4, 0.5) is 13.2 Å². The molecule has 0 aliphatic heterocycles. The topological polar surface area (TPSA) is 115 Å². The van der Waals surface area contributed by atoms with Crippen LogP contribution in [0, 0.1) is 28.8 Å². The van der Waals surface area contributed by atoms with Crippen LogP contribution in [0.2, 0.25) is 0 Å². The van der Waals surface area contributed by atoms with Gasteiger partial charge in [0.05, 0.1) is 17.8 Å². The van der Waals surface area contributed by atoms with Crippen molar-refractivity contribution in [3.63, 3.8) is 0 Å². The molecule has 1 saturated carbocycles. The highest BCUT2D eigenvalue weighted by Gasteiger charge is 2.52. The van der Waals surface area contributed by atoms with E-state index in [1.54, 1.807) is 24.5 Å². The quantitative estimate of drug-likeness (QED) is 0.378. The summed E-state index contributed by atoms with van der Waals surface area (Å²) in [6.07, 6.45) is 1.13. The predicted octanol–water partition coefficient (Wildman–Crippen LogP) is 4.81. The van der Waals surface area contributed by atoms with E-state index < -0.39 is 40.4 Å². The number of hydrogen-bond donors (Lipinski definition) is 3. The molecular weight excluding hydrogens is 461 g/mol. The van der Waals surface area contributed by atoms with Crippen molar-refractivity contribution in [3.8, 4) is 11.8 Å². The van der Waals surface area contributed by atoms with E-state index in [1.807, 2.05) is 0 Å². The van der Waals surface area contributed by atoms with Crippen LogP contribution in [-0.2, 0) is 10.2 Å². The lowest BCUT2D eigenvalue weighted by Gasteiger charge is -2.42. The minimum absolute atomic E-state index is 0.0109. The molecule has 10 heteroatoms. The molecule has 0 bridgehead atoms. The van der Waals surface area contributed by atoms with Gasteiger partial charge >= 0.3 is 5.97 Å². The van der Waals surface area contributed by atoms with E-state index in [1.165, 1.54) is 12.3 Å². The fourth-order valence-electron chi connectivity index (χ4n) is 5.20. The number of rotatable bonds is 5. The molecule has 2 aromatic carbocycles. The van der Waals surface area contributed by atoms with Crippen LogP contribution in [0.5, 0.6) is 0 Å². The molecule has 0 radical (unpaired) electrons. The number of aromatic nitrogens is 3. The highest BCUT2D eigenvalue weighted by molar-refractivity contribution is 6.00. The second kappa shape index (κ2) is 7.58. The molecule has 4 aromatic rings. The molecule has 1 aliphatic carbocycles. The summed E-state index contributed by atoms with van der Waals surface area (Å²) in [5.74, 6) is -4.69. The largest absolute Gasteiger partial charge is 0.479 e. The van der Waals surface area contributed by atoms with Crippen LogP contribution in [0.15, 0.2) is 30.5 Å². The van der Waals surface area contributed by atoms with Crippen molar-refractivity contribution >= 4 is 27.8 Å². The Kier molecular flexibility index (Phi) is 4.97. The minimum Gasteiger partial charge on any atom is -0.479 e. The molecule has 180 valence electrons.